The summed E-state index contributed by atoms with van der Waals surface area (Å²) in [6.45, 7) is 1.44. The van der Waals surface area contributed by atoms with Crippen molar-refractivity contribution in [3.8, 4) is 0 Å². The van der Waals surface area contributed by atoms with E-state index in [1.54, 1.807) is 4.90 Å². The number of carbonyl (C=O) groups excluding carboxylic acids is 1. The van der Waals surface area contributed by atoms with Crippen LogP contribution < -0.4 is 0 Å². The maximum absolute atomic E-state index is 13.1. The van der Waals surface area contributed by atoms with Crippen molar-refractivity contribution in [2.75, 3.05) is 24.6 Å². The molecule has 0 bridgehead atoms. The third-order valence-corrected chi connectivity index (χ3v) is 3.57. The van der Waals surface area contributed by atoms with Crippen LogP contribution in [0.15, 0.2) is 18.2 Å². The average Bonchev–Trinajstić information content (AvgIpc) is 2.28. The number of hydrogen-bond donors (Lipinski definition) is 0. The number of carbonyl (C=O) groups is 1. The SMILES string of the molecule is O=C(c1cc(F)cc(Cl)c1)N1CCSCC1. The third kappa shape index (κ3) is 2.68. The monoisotopic (exact) mass is 259 g/mol. The lowest BCUT2D eigenvalue weighted by molar-refractivity contribution is 0.0772. The van der Waals surface area contributed by atoms with Crippen LogP contribution in [0.1, 0.15) is 10.4 Å². The topological polar surface area (TPSA) is 20.3 Å². The maximum atomic E-state index is 13.1. The molecular formula is C11H11ClFNOS. The second kappa shape index (κ2) is 5.06. The van der Waals surface area contributed by atoms with E-state index in [2.05, 4.69) is 0 Å². The summed E-state index contributed by atoms with van der Waals surface area (Å²) < 4.78 is 13.1. The van der Waals surface area contributed by atoms with E-state index >= 15 is 0 Å². The minimum atomic E-state index is -0.470. The van der Waals surface area contributed by atoms with Crippen LogP contribution in [-0.4, -0.2) is 35.4 Å². The molecule has 16 heavy (non-hydrogen) atoms. The van der Waals surface area contributed by atoms with Crippen LogP contribution in [-0.2, 0) is 0 Å². The van der Waals surface area contributed by atoms with E-state index < -0.39 is 5.82 Å². The van der Waals surface area contributed by atoms with Crippen molar-refractivity contribution in [1.82, 2.24) is 4.90 Å². The van der Waals surface area contributed by atoms with Gasteiger partial charge in [-0.05, 0) is 18.2 Å². The van der Waals surface area contributed by atoms with E-state index in [0.29, 0.717) is 5.56 Å². The number of thioether (sulfide) groups is 1. The van der Waals surface area contributed by atoms with Gasteiger partial charge in [-0.2, -0.15) is 11.8 Å². The van der Waals surface area contributed by atoms with Gasteiger partial charge in [-0.15, -0.1) is 0 Å². The Morgan fingerprint density at radius 1 is 1.31 bits per heavy atom. The van der Waals surface area contributed by atoms with Crippen LogP contribution in [0.2, 0.25) is 5.02 Å². The summed E-state index contributed by atoms with van der Waals surface area (Å²) in [5, 5.41) is 0.259. The molecule has 0 saturated carbocycles. The molecule has 0 radical (unpaired) electrons. The molecule has 1 amide bonds. The lowest BCUT2D eigenvalue weighted by atomic mass is 10.2. The first-order valence-electron chi connectivity index (χ1n) is 5.00. The summed E-state index contributed by atoms with van der Waals surface area (Å²) in [5.74, 6) is 1.27. The molecule has 2 nitrogen and oxygen atoms in total. The third-order valence-electron chi connectivity index (χ3n) is 2.41. The Morgan fingerprint density at radius 3 is 2.62 bits per heavy atom. The number of rotatable bonds is 1. The van der Waals surface area contributed by atoms with E-state index in [1.165, 1.54) is 18.2 Å². The van der Waals surface area contributed by atoms with Gasteiger partial charge in [-0.3, -0.25) is 4.79 Å². The van der Waals surface area contributed by atoms with Crippen LogP contribution in [0.4, 0.5) is 4.39 Å². The van der Waals surface area contributed by atoms with Gasteiger partial charge in [0.2, 0.25) is 0 Å². The van der Waals surface area contributed by atoms with E-state index in [1.807, 2.05) is 11.8 Å². The summed E-state index contributed by atoms with van der Waals surface area (Å²) in [6.07, 6.45) is 0. The second-order valence-electron chi connectivity index (χ2n) is 3.56. The van der Waals surface area contributed by atoms with Gasteiger partial charge in [0, 0.05) is 35.2 Å². The molecule has 0 aromatic heterocycles. The van der Waals surface area contributed by atoms with Crippen LogP contribution in [0, 0.1) is 5.82 Å². The fourth-order valence-electron chi connectivity index (χ4n) is 1.63. The summed E-state index contributed by atoms with van der Waals surface area (Å²) >= 11 is 7.54. The maximum Gasteiger partial charge on any atom is 0.254 e. The van der Waals surface area contributed by atoms with Gasteiger partial charge in [-0.25, -0.2) is 4.39 Å². The van der Waals surface area contributed by atoms with Crippen molar-refractivity contribution in [3.63, 3.8) is 0 Å². The van der Waals surface area contributed by atoms with Gasteiger partial charge >= 0.3 is 0 Å². The Kier molecular flexibility index (Phi) is 3.71. The largest absolute Gasteiger partial charge is 0.337 e. The molecule has 1 heterocycles. The van der Waals surface area contributed by atoms with Crippen LogP contribution in [0.5, 0.6) is 0 Å². The summed E-state index contributed by atoms with van der Waals surface area (Å²) in [6, 6.07) is 3.94. The van der Waals surface area contributed by atoms with Gasteiger partial charge in [0.1, 0.15) is 5.82 Å². The van der Waals surface area contributed by atoms with Crippen molar-refractivity contribution in [2.45, 2.75) is 0 Å². The lowest BCUT2D eigenvalue weighted by Gasteiger charge is -2.26. The van der Waals surface area contributed by atoms with Gasteiger partial charge < -0.3 is 4.90 Å². The molecule has 1 fully saturated rings. The first-order valence-corrected chi connectivity index (χ1v) is 6.53. The molecule has 0 atom stereocenters. The Balaban J connectivity index is 2.19. The summed E-state index contributed by atoms with van der Waals surface area (Å²) in [7, 11) is 0. The van der Waals surface area contributed by atoms with E-state index in [4.69, 9.17) is 11.6 Å². The fourth-order valence-corrected chi connectivity index (χ4v) is 2.75. The average molecular weight is 260 g/mol. The Morgan fingerprint density at radius 2 is 2.00 bits per heavy atom. The van der Waals surface area contributed by atoms with E-state index in [0.717, 1.165) is 24.6 Å². The van der Waals surface area contributed by atoms with Crippen LogP contribution in [0.25, 0.3) is 0 Å². The zero-order chi connectivity index (χ0) is 11.5. The fraction of sp³-hybridized carbons (Fsp3) is 0.364. The zero-order valence-corrected chi connectivity index (χ0v) is 10.2. The van der Waals surface area contributed by atoms with Crippen molar-refractivity contribution in [3.05, 3.63) is 34.6 Å². The molecule has 1 aliphatic rings. The highest BCUT2D eigenvalue weighted by Gasteiger charge is 2.19. The first-order chi connectivity index (χ1) is 7.66. The van der Waals surface area contributed by atoms with Gasteiger partial charge in [-0.1, -0.05) is 11.6 Å². The minimum absolute atomic E-state index is 0.137. The molecule has 86 valence electrons. The zero-order valence-electron chi connectivity index (χ0n) is 8.58. The standard InChI is InChI=1S/C11H11ClFNOS/c12-9-5-8(6-10(13)7-9)11(15)14-1-3-16-4-2-14/h5-7H,1-4H2. The molecule has 1 aromatic carbocycles. The summed E-state index contributed by atoms with van der Waals surface area (Å²) in [5.41, 5.74) is 0.330. The van der Waals surface area contributed by atoms with Crippen molar-refractivity contribution in [2.24, 2.45) is 0 Å². The highest BCUT2D eigenvalue weighted by atomic mass is 35.5. The van der Waals surface area contributed by atoms with Crippen LogP contribution >= 0.6 is 23.4 Å². The smallest absolute Gasteiger partial charge is 0.254 e. The molecule has 0 aliphatic carbocycles. The molecular weight excluding hydrogens is 249 g/mol. The normalized spacial score (nSPS) is 16.2. The number of nitrogens with zero attached hydrogens (tertiary/aromatic N) is 1. The van der Waals surface area contributed by atoms with Crippen molar-refractivity contribution in [1.29, 1.82) is 0 Å². The molecule has 1 saturated heterocycles. The first kappa shape index (κ1) is 11.7. The van der Waals surface area contributed by atoms with Crippen molar-refractivity contribution < 1.29 is 9.18 Å². The number of benzene rings is 1. The minimum Gasteiger partial charge on any atom is -0.337 e. The Bertz CT molecular complexity index is 387. The molecule has 0 unspecified atom stereocenters. The predicted molar refractivity (Wildman–Crippen MR) is 64.6 cm³/mol. The summed E-state index contributed by atoms with van der Waals surface area (Å²) in [4.78, 5) is 13.7. The van der Waals surface area contributed by atoms with Gasteiger partial charge in [0.05, 0.1) is 0 Å². The molecule has 0 spiro atoms. The molecule has 0 N–H and O–H groups in total. The highest BCUT2D eigenvalue weighted by molar-refractivity contribution is 7.99. The molecule has 1 aromatic rings. The Labute approximate surface area is 103 Å². The highest BCUT2D eigenvalue weighted by Crippen LogP contribution is 2.17. The van der Waals surface area contributed by atoms with Gasteiger partial charge in [0.25, 0.3) is 5.91 Å². The number of amides is 1. The molecule has 2 rings (SSSR count). The number of hydrogen-bond acceptors (Lipinski definition) is 2. The van der Waals surface area contributed by atoms with Gasteiger partial charge in [0.15, 0.2) is 0 Å². The quantitative estimate of drug-likeness (QED) is 0.773. The van der Waals surface area contributed by atoms with E-state index in [9.17, 15) is 9.18 Å². The lowest BCUT2D eigenvalue weighted by Crippen LogP contribution is -2.37. The molecule has 5 heteroatoms. The molecule has 1 aliphatic heterocycles. The second-order valence-corrected chi connectivity index (χ2v) is 5.22. The number of halogens is 2. The van der Waals surface area contributed by atoms with Crippen molar-refractivity contribution >= 4 is 29.3 Å². The Hall–Kier alpha value is -0.740. The van der Waals surface area contributed by atoms with E-state index in [-0.39, 0.29) is 10.9 Å². The predicted octanol–water partition coefficient (Wildman–Crippen LogP) is 2.67. The van der Waals surface area contributed by atoms with Crippen LogP contribution in [0.3, 0.4) is 0 Å².